The second-order valence-electron chi connectivity index (χ2n) is 7.75. The van der Waals surface area contributed by atoms with Gasteiger partial charge in [0, 0.05) is 6.54 Å². The van der Waals surface area contributed by atoms with Crippen LogP contribution < -0.4 is 14.4 Å². The van der Waals surface area contributed by atoms with Gasteiger partial charge in [-0.3, -0.25) is 9.10 Å². The molecule has 3 rings (SSSR count). The molecule has 32 heavy (non-hydrogen) atoms. The third-order valence-corrected chi connectivity index (χ3v) is 6.48. The Kier molecular flexibility index (Phi) is 7.53. The number of nitrogens with zero attached hydrogens (tertiary/aromatic N) is 1. The van der Waals surface area contributed by atoms with E-state index in [2.05, 4.69) is 5.32 Å². The Morgan fingerprint density at radius 2 is 1.66 bits per heavy atom. The van der Waals surface area contributed by atoms with Gasteiger partial charge in [0.1, 0.15) is 12.3 Å². The standard InChI is InChI=1S/C25H28N2O4S/c1-19(2)31-23-14-12-21(13-15-23)17-26-25(28)18-27(22-9-7-8-20(3)16-22)32(29,30)24-10-5-4-6-11-24/h4-16,19H,17-18H2,1-3H3,(H,26,28). The van der Waals surface area contributed by atoms with Gasteiger partial charge in [-0.15, -0.1) is 0 Å². The summed E-state index contributed by atoms with van der Waals surface area (Å²) in [6.07, 6.45) is 0.0831. The number of hydrogen-bond donors (Lipinski definition) is 1. The van der Waals surface area contributed by atoms with E-state index in [0.717, 1.165) is 21.2 Å². The summed E-state index contributed by atoms with van der Waals surface area (Å²) in [6, 6.07) is 22.7. The molecule has 0 unspecified atom stereocenters. The van der Waals surface area contributed by atoms with Gasteiger partial charge in [0.2, 0.25) is 5.91 Å². The molecule has 0 saturated heterocycles. The first kappa shape index (κ1) is 23.3. The van der Waals surface area contributed by atoms with E-state index >= 15 is 0 Å². The zero-order valence-corrected chi connectivity index (χ0v) is 19.3. The minimum Gasteiger partial charge on any atom is -0.491 e. The number of sulfonamides is 1. The summed E-state index contributed by atoms with van der Waals surface area (Å²) < 4.78 is 33.4. The van der Waals surface area contributed by atoms with Crippen molar-refractivity contribution in [1.29, 1.82) is 0 Å². The average molecular weight is 453 g/mol. The molecule has 0 spiro atoms. The molecule has 1 amide bonds. The fourth-order valence-electron chi connectivity index (χ4n) is 3.16. The summed E-state index contributed by atoms with van der Waals surface area (Å²) in [5.74, 6) is 0.364. The summed E-state index contributed by atoms with van der Waals surface area (Å²) in [6.45, 7) is 5.75. The number of benzene rings is 3. The molecule has 0 radical (unpaired) electrons. The van der Waals surface area contributed by atoms with Gasteiger partial charge in [-0.1, -0.05) is 42.5 Å². The van der Waals surface area contributed by atoms with Crippen LogP contribution in [0.2, 0.25) is 0 Å². The molecule has 0 fully saturated rings. The lowest BCUT2D eigenvalue weighted by atomic mass is 10.2. The first-order valence-corrected chi connectivity index (χ1v) is 11.9. The van der Waals surface area contributed by atoms with Gasteiger partial charge < -0.3 is 10.1 Å². The van der Waals surface area contributed by atoms with E-state index in [0.29, 0.717) is 5.69 Å². The smallest absolute Gasteiger partial charge is 0.264 e. The molecule has 0 aliphatic rings. The van der Waals surface area contributed by atoms with E-state index in [1.165, 1.54) is 12.1 Å². The number of hydrogen-bond acceptors (Lipinski definition) is 4. The second kappa shape index (κ2) is 10.3. The van der Waals surface area contributed by atoms with Gasteiger partial charge in [-0.05, 0) is 68.3 Å². The summed E-state index contributed by atoms with van der Waals surface area (Å²) in [7, 11) is -3.91. The van der Waals surface area contributed by atoms with Crippen molar-refractivity contribution in [3.05, 3.63) is 90.0 Å². The summed E-state index contributed by atoms with van der Waals surface area (Å²) in [4.78, 5) is 12.9. The number of rotatable bonds is 9. The Hall–Kier alpha value is -3.32. The van der Waals surface area contributed by atoms with Crippen molar-refractivity contribution in [3.63, 3.8) is 0 Å². The van der Waals surface area contributed by atoms with E-state index in [9.17, 15) is 13.2 Å². The van der Waals surface area contributed by atoms with Crippen molar-refractivity contribution >= 4 is 21.6 Å². The normalized spacial score (nSPS) is 11.2. The van der Waals surface area contributed by atoms with Crippen LogP contribution in [0.4, 0.5) is 5.69 Å². The molecule has 0 aliphatic heterocycles. The fourth-order valence-corrected chi connectivity index (χ4v) is 4.60. The highest BCUT2D eigenvalue weighted by atomic mass is 32.2. The first-order valence-electron chi connectivity index (χ1n) is 10.4. The van der Waals surface area contributed by atoms with E-state index in [-0.39, 0.29) is 24.1 Å². The van der Waals surface area contributed by atoms with Gasteiger partial charge >= 0.3 is 0 Å². The number of carbonyl (C=O) groups excluding carboxylic acids is 1. The fraction of sp³-hybridized carbons (Fsp3) is 0.240. The molecule has 0 aliphatic carbocycles. The van der Waals surface area contributed by atoms with Gasteiger partial charge in [-0.25, -0.2) is 8.42 Å². The Balaban J connectivity index is 1.75. The van der Waals surface area contributed by atoms with Crippen LogP contribution in [-0.2, 0) is 21.4 Å². The molecular weight excluding hydrogens is 424 g/mol. The molecule has 0 bridgehead atoms. The number of anilines is 1. The molecule has 168 valence electrons. The van der Waals surface area contributed by atoms with Crippen LogP contribution >= 0.6 is 0 Å². The van der Waals surface area contributed by atoms with Gasteiger partial charge in [0.15, 0.2) is 0 Å². The molecule has 0 heterocycles. The third-order valence-electron chi connectivity index (χ3n) is 4.69. The predicted molar refractivity (Wildman–Crippen MR) is 126 cm³/mol. The van der Waals surface area contributed by atoms with Crippen molar-refractivity contribution in [2.24, 2.45) is 0 Å². The van der Waals surface area contributed by atoms with Crippen molar-refractivity contribution in [1.82, 2.24) is 5.32 Å². The van der Waals surface area contributed by atoms with Gasteiger partial charge in [-0.2, -0.15) is 0 Å². The van der Waals surface area contributed by atoms with Crippen molar-refractivity contribution in [3.8, 4) is 5.75 Å². The molecule has 0 aromatic heterocycles. The SMILES string of the molecule is Cc1cccc(N(CC(=O)NCc2ccc(OC(C)C)cc2)S(=O)(=O)c2ccccc2)c1. The molecule has 6 nitrogen and oxygen atoms in total. The van der Waals surface area contributed by atoms with Crippen LogP contribution in [0.15, 0.2) is 83.8 Å². The maximum Gasteiger partial charge on any atom is 0.264 e. The van der Waals surface area contributed by atoms with Crippen LogP contribution in [0, 0.1) is 6.92 Å². The Morgan fingerprint density at radius 1 is 0.969 bits per heavy atom. The molecule has 0 saturated carbocycles. The minimum absolute atomic E-state index is 0.0831. The summed E-state index contributed by atoms with van der Waals surface area (Å²) in [5, 5.41) is 2.81. The monoisotopic (exact) mass is 452 g/mol. The number of ether oxygens (including phenoxy) is 1. The van der Waals surface area contributed by atoms with E-state index in [1.54, 1.807) is 36.4 Å². The Bertz CT molecular complexity index is 1140. The Morgan fingerprint density at radius 3 is 2.28 bits per heavy atom. The van der Waals surface area contributed by atoms with Crippen LogP contribution in [0.3, 0.4) is 0 Å². The highest BCUT2D eigenvalue weighted by Gasteiger charge is 2.27. The highest BCUT2D eigenvalue weighted by Crippen LogP contribution is 2.24. The lowest BCUT2D eigenvalue weighted by Crippen LogP contribution is -2.40. The maximum absolute atomic E-state index is 13.3. The maximum atomic E-state index is 13.3. The molecule has 3 aromatic rings. The average Bonchev–Trinajstić information content (AvgIpc) is 2.77. The van der Waals surface area contributed by atoms with E-state index < -0.39 is 15.9 Å². The van der Waals surface area contributed by atoms with Crippen molar-refractivity contribution < 1.29 is 17.9 Å². The van der Waals surface area contributed by atoms with Gasteiger partial charge in [0.25, 0.3) is 10.0 Å². The van der Waals surface area contributed by atoms with E-state index in [1.807, 2.05) is 51.1 Å². The number of amides is 1. The quantitative estimate of drug-likeness (QED) is 0.525. The van der Waals surface area contributed by atoms with Crippen LogP contribution in [0.25, 0.3) is 0 Å². The molecular formula is C25H28N2O4S. The topological polar surface area (TPSA) is 75.7 Å². The minimum atomic E-state index is -3.91. The van der Waals surface area contributed by atoms with Crippen LogP contribution in [-0.4, -0.2) is 27.0 Å². The summed E-state index contributed by atoms with van der Waals surface area (Å²) in [5.41, 5.74) is 2.24. The number of nitrogens with one attached hydrogen (secondary N) is 1. The highest BCUT2D eigenvalue weighted by molar-refractivity contribution is 7.92. The second-order valence-corrected chi connectivity index (χ2v) is 9.61. The lowest BCUT2D eigenvalue weighted by Gasteiger charge is -2.24. The molecule has 0 atom stereocenters. The molecule has 3 aromatic carbocycles. The molecule has 7 heteroatoms. The first-order chi connectivity index (χ1) is 15.3. The zero-order valence-electron chi connectivity index (χ0n) is 18.5. The predicted octanol–water partition coefficient (Wildman–Crippen LogP) is 4.29. The van der Waals surface area contributed by atoms with E-state index in [4.69, 9.17) is 4.74 Å². The van der Waals surface area contributed by atoms with Gasteiger partial charge in [0.05, 0.1) is 16.7 Å². The van der Waals surface area contributed by atoms with Crippen molar-refractivity contribution in [2.45, 2.75) is 38.3 Å². The largest absolute Gasteiger partial charge is 0.491 e. The van der Waals surface area contributed by atoms with Crippen LogP contribution in [0.1, 0.15) is 25.0 Å². The summed E-state index contributed by atoms with van der Waals surface area (Å²) >= 11 is 0. The number of carbonyl (C=O) groups is 1. The lowest BCUT2D eigenvalue weighted by molar-refractivity contribution is -0.119. The van der Waals surface area contributed by atoms with Crippen LogP contribution in [0.5, 0.6) is 5.75 Å². The van der Waals surface area contributed by atoms with Crippen molar-refractivity contribution in [2.75, 3.05) is 10.8 Å². The number of aryl methyl sites for hydroxylation is 1. The zero-order chi connectivity index (χ0) is 23.1. The molecule has 1 N–H and O–H groups in total. The Labute approximate surface area is 189 Å². The third kappa shape index (κ3) is 6.11.